The van der Waals surface area contributed by atoms with Crippen LogP contribution in [-0.2, 0) is 23.7 Å². The summed E-state index contributed by atoms with van der Waals surface area (Å²) in [4.78, 5) is 10.9. The Labute approximate surface area is 147 Å². The number of ether oxygens (including phenoxy) is 4. The second-order valence-corrected chi connectivity index (χ2v) is 6.11. The minimum absolute atomic E-state index is 0.456. The standard InChI is InChI=1S/C14H23FO11/c1-4(17)23-3-6-7(18)8(19)11(22)14(25-6)26-12-5(2-16)24-13(15)10(21)9(12)20/h5-14,16,18-22H,2-3H2,1H3. The van der Waals surface area contributed by atoms with E-state index in [0.717, 1.165) is 6.92 Å². The fourth-order valence-corrected chi connectivity index (χ4v) is 2.73. The zero-order chi connectivity index (χ0) is 19.6. The molecule has 0 aromatic carbocycles. The number of hydrogen-bond acceptors (Lipinski definition) is 11. The Balaban J connectivity index is 2.10. The molecule has 2 aliphatic rings. The molecule has 0 aromatic heterocycles. The predicted molar refractivity (Wildman–Crippen MR) is 77.1 cm³/mol. The van der Waals surface area contributed by atoms with Crippen LogP contribution in [0.2, 0.25) is 0 Å². The van der Waals surface area contributed by atoms with Gasteiger partial charge in [-0.25, -0.2) is 4.39 Å². The van der Waals surface area contributed by atoms with Crippen molar-refractivity contribution in [1.29, 1.82) is 0 Å². The molecule has 6 N–H and O–H groups in total. The summed E-state index contributed by atoms with van der Waals surface area (Å²) in [5, 5.41) is 58.6. The third-order valence-electron chi connectivity index (χ3n) is 4.22. The Bertz CT molecular complexity index is 478. The summed E-state index contributed by atoms with van der Waals surface area (Å²) in [5.74, 6) is -0.674. The van der Waals surface area contributed by atoms with Crippen LogP contribution in [0.25, 0.3) is 0 Å². The highest BCUT2D eigenvalue weighted by atomic mass is 19.1. The van der Waals surface area contributed by atoms with Gasteiger partial charge in [-0.3, -0.25) is 4.79 Å². The van der Waals surface area contributed by atoms with Crippen molar-refractivity contribution in [3.8, 4) is 0 Å². The Morgan fingerprint density at radius 1 is 0.962 bits per heavy atom. The third-order valence-corrected chi connectivity index (χ3v) is 4.22. The van der Waals surface area contributed by atoms with E-state index in [0.29, 0.717) is 0 Å². The molecule has 2 saturated heterocycles. The molecule has 0 aliphatic carbocycles. The molecule has 2 aliphatic heterocycles. The lowest BCUT2D eigenvalue weighted by atomic mass is 9.97. The number of halogens is 1. The van der Waals surface area contributed by atoms with Crippen LogP contribution >= 0.6 is 0 Å². The van der Waals surface area contributed by atoms with E-state index in [1.54, 1.807) is 0 Å². The average Bonchev–Trinajstić information content (AvgIpc) is 2.60. The third kappa shape index (κ3) is 4.47. The van der Waals surface area contributed by atoms with Crippen molar-refractivity contribution in [2.45, 2.75) is 68.4 Å². The SMILES string of the molecule is CC(=O)OCC1OC(OC2C(CO)OC(F)C(O)C2O)C(O)C(O)C1O. The summed E-state index contributed by atoms with van der Waals surface area (Å²) in [6.07, 6.45) is -17.0. The van der Waals surface area contributed by atoms with E-state index in [-0.39, 0.29) is 0 Å². The molecule has 11 nitrogen and oxygen atoms in total. The molecule has 0 spiro atoms. The number of rotatable bonds is 5. The summed E-state index contributed by atoms with van der Waals surface area (Å²) >= 11 is 0. The van der Waals surface area contributed by atoms with Crippen molar-refractivity contribution in [2.75, 3.05) is 13.2 Å². The molecule has 10 unspecified atom stereocenters. The number of esters is 1. The Kier molecular flexibility index (Phi) is 7.24. The van der Waals surface area contributed by atoms with Crippen molar-refractivity contribution in [1.82, 2.24) is 0 Å². The van der Waals surface area contributed by atoms with Gasteiger partial charge in [0.15, 0.2) is 6.29 Å². The smallest absolute Gasteiger partial charge is 0.302 e. The summed E-state index contributed by atoms with van der Waals surface area (Å²) in [7, 11) is 0. The van der Waals surface area contributed by atoms with Gasteiger partial charge < -0.3 is 49.6 Å². The van der Waals surface area contributed by atoms with E-state index >= 15 is 0 Å². The van der Waals surface area contributed by atoms with E-state index in [1.165, 1.54) is 0 Å². The molecule has 0 amide bonds. The topological polar surface area (TPSA) is 175 Å². The largest absolute Gasteiger partial charge is 0.463 e. The lowest BCUT2D eigenvalue weighted by Crippen LogP contribution is -2.64. The number of carbonyl (C=O) groups excluding carboxylic acids is 1. The van der Waals surface area contributed by atoms with Crippen molar-refractivity contribution in [2.24, 2.45) is 0 Å². The number of aliphatic hydroxyl groups excluding tert-OH is 6. The zero-order valence-electron chi connectivity index (χ0n) is 13.8. The van der Waals surface area contributed by atoms with Gasteiger partial charge in [-0.05, 0) is 0 Å². The summed E-state index contributed by atoms with van der Waals surface area (Å²) in [6, 6.07) is 0. The van der Waals surface area contributed by atoms with Crippen LogP contribution in [0.4, 0.5) is 4.39 Å². The zero-order valence-corrected chi connectivity index (χ0v) is 13.8. The molecule has 0 radical (unpaired) electrons. The quantitative estimate of drug-likeness (QED) is 0.255. The molecule has 12 heteroatoms. The maximum Gasteiger partial charge on any atom is 0.302 e. The second-order valence-electron chi connectivity index (χ2n) is 6.11. The Morgan fingerprint density at radius 2 is 1.62 bits per heavy atom. The molecule has 2 rings (SSSR count). The Morgan fingerprint density at radius 3 is 2.19 bits per heavy atom. The minimum Gasteiger partial charge on any atom is -0.463 e. The highest BCUT2D eigenvalue weighted by molar-refractivity contribution is 5.65. The van der Waals surface area contributed by atoms with Crippen molar-refractivity contribution in [3.05, 3.63) is 0 Å². The first kappa shape index (κ1) is 21.3. The van der Waals surface area contributed by atoms with E-state index < -0.39 is 80.7 Å². The first-order chi connectivity index (χ1) is 12.2. The molecular weight excluding hydrogens is 363 g/mol. The molecule has 2 fully saturated rings. The van der Waals surface area contributed by atoms with Crippen LogP contribution < -0.4 is 0 Å². The maximum absolute atomic E-state index is 13.4. The van der Waals surface area contributed by atoms with Gasteiger partial charge in [0.1, 0.15) is 55.4 Å². The summed E-state index contributed by atoms with van der Waals surface area (Å²) in [5.41, 5.74) is 0. The number of carbonyl (C=O) groups is 1. The second kappa shape index (κ2) is 8.82. The van der Waals surface area contributed by atoms with E-state index in [9.17, 15) is 39.8 Å². The average molecular weight is 386 g/mol. The molecule has 10 atom stereocenters. The van der Waals surface area contributed by atoms with E-state index in [1.807, 2.05) is 0 Å². The van der Waals surface area contributed by atoms with E-state index in [4.69, 9.17) is 18.9 Å². The maximum atomic E-state index is 13.4. The number of hydrogen-bond donors (Lipinski definition) is 6. The molecule has 2 heterocycles. The fourth-order valence-electron chi connectivity index (χ4n) is 2.73. The van der Waals surface area contributed by atoms with Gasteiger partial charge in [0.05, 0.1) is 6.61 Å². The first-order valence-corrected chi connectivity index (χ1v) is 7.92. The normalized spacial score (nSPS) is 46.8. The lowest BCUT2D eigenvalue weighted by molar-refractivity contribution is -0.349. The van der Waals surface area contributed by atoms with Gasteiger partial charge in [0.2, 0.25) is 6.36 Å². The van der Waals surface area contributed by atoms with Gasteiger partial charge in [-0.2, -0.15) is 0 Å². The minimum atomic E-state index is -2.26. The van der Waals surface area contributed by atoms with Crippen LogP contribution in [0.1, 0.15) is 6.92 Å². The van der Waals surface area contributed by atoms with Crippen LogP contribution in [-0.4, -0.2) is 111 Å². The lowest BCUT2D eigenvalue weighted by Gasteiger charge is -2.44. The van der Waals surface area contributed by atoms with Gasteiger partial charge in [0, 0.05) is 6.92 Å². The van der Waals surface area contributed by atoms with Crippen molar-refractivity contribution in [3.63, 3.8) is 0 Å². The molecule has 0 aromatic rings. The molecular formula is C14H23FO11. The van der Waals surface area contributed by atoms with Gasteiger partial charge in [0.25, 0.3) is 0 Å². The van der Waals surface area contributed by atoms with Crippen molar-refractivity contribution < 1.29 is 58.8 Å². The van der Waals surface area contributed by atoms with E-state index in [2.05, 4.69) is 0 Å². The highest BCUT2D eigenvalue weighted by Gasteiger charge is 2.50. The molecule has 0 saturated carbocycles. The van der Waals surface area contributed by atoms with Crippen LogP contribution in [0.5, 0.6) is 0 Å². The van der Waals surface area contributed by atoms with Crippen LogP contribution in [0.3, 0.4) is 0 Å². The van der Waals surface area contributed by atoms with Crippen molar-refractivity contribution >= 4 is 5.97 Å². The van der Waals surface area contributed by atoms with Crippen LogP contribution in [0.15, 0.2) is 0 Å². The molecule has 26 heavy (non-hydrogen) atoms. The first-order valence-electron chi connectivity index (χ1n) is 7.92. The summed E-state index contributed by atoms with van der Waals surface area (Å²) < 4.78 is 33.4. The number of alkyl halides is 1. The van der Waals surface area contributed by atoms with Crippen LogP contribution in [0, 0.1) is 0 Å². The molecule has 152 valence electrons. The Hall–Kier alpha value is -0.960. The van der Waals surface area contributed by atoms with Gasteiger partial charge in [-0.1, -0.05) is 0 Å². The fraction of sp³-hybridized carbons (Fsp3) is 0.929. The highest BCUT2D eigenvalue weighted by Crippen LogP contribution is 2.29. The monoisotopic (exact) mass is 386 g/mol. The summed E-state index contributed by atoms with van der Waals surface area (Å²) in [6.45, 7) is -0.118. The number of aliphatic hydroxyl groups is 6. The van der Waals surface area contributed by atoms with Gasteiger partial charge >= 0.3 is 5.97 Å². The van der Waals surface area contributed by atoms with Gasteiger partial charge in [-0.15, -0.1) is 0 Å². The predicted octanol–water partition coefficient (Wildman–Crippen LogP) is -3.85. The molecule has 0 bridgehead atoms.